The zero-order valence-electron chi connectivity index (χ0n) is 73.2. The Morgan fingerprint density at radius 1 is 0.134 bits per heavy atom. The molecule has 3 aliphatic rings. The van der Waals surface area contributed by atoms with E-state index in [0.717, 1.165) is 112 Å². The van der Waals surface area contributed by atoms with Gasteiger partial charge in [0.1, 0.15) is 0 Å². The first kappa shape index (κ1) is 79.8. The summed E-state index contributed by atoms with van der Waals surface area (Å²) in [6.07, 6.45) is 3.73. The molecule has 25 rings (SSSR count). The summed E-state index contributed by atoms with van der Waals surface area (Å²) in [4.78, 5) is 29.8. The molecule has 1 spiro atoms. The maximum absolute atomic E-state index is 5.16. The summed E-state index contributed by atoms with van der Waals surface area (Å²) in [5.74, 6) is 1.36. The van der Waals surface area contributed by atoms with Gasteiger partial charge in [0.15, 0.2) is 11.6 Å². The maximum atomic E-state index is 5.16. The van der Waals surface area contributed by atoms with Gasteiger partial charge >= 0.3 is 0 Å². The molecule has 6 nitrogen and oxygen atoms in total. The van der Waals surface area contributed by atoms with Crippen molar-refractivity contribution in [2.75, 3.05) is 0 Å². The molecule has 0 saturated heterocycles. The third-order valence-corrected chi connectivity index (χ3v) is 27.0. The van der Waals surface area contributed by atoms with Crippen molar-refractivity contribution in [3.8, 4) is 190 Å². The fourth-order valence-electron chi connectivity index (χ4n) is 20.7. The van der Waals surface area contributed by atoms with Crippen LogP contribution >= 0.6 is 0 Å². The van der Waals surface area contributed by atoms with E-state index in [1.54, 1.807) is 0 Å². The normalized spacial score (nSPS) is 12.4. The Morgan fingerprint density at radius 3 is 0.754 bits per heavy atom. The molecule has 3 aliphatic carbocycles. The third-order valence-electron chi connectivity index (χ3n) is 27.0. The highest BCUT2D eigenvalue weighted by Gasteiger charge is 2.52. The van der Waals surface area contributed by atoms with Crippen LogP contribution < -0.4 is 0 Å². The van der Waals surface area contributed by atoms with Crippen LogP contribution in [0.2, 0.25) is 0 Å². The Balaban J connectivity index is 0.000000147. The Labute approximate surface area is 780 Å². The lowest BCUT2D eigenvalue weighted by Gasteiger charge is -2.34. The second-order valence-electron chi connectivity index (χ2n) is 34.7. The minimum atomic E-state index is -0.451. The van der Waals surface area contributed by atoms with Gasteiger partial charge in [0.25, 0.3) is 0 Å². The van der Waals surface area contributed by atoms with Crippen LogP contribution in [-0.2, 0) is 10.8 Å². The van der Waals surface area contributed by atoms with E-state index in [4.69, 9.17) is 24.9 Å². The molecule has 4 heterocycles. The molecule has 0 N–H and O–H groups in total. The Bertz CT molecular complexity index is 7700. The number of rotatable bonds is 16. The molecule has 4 aromatic heterocycles. The highest BCUT2D eigenvalue weighted by atomic mass is 14.9. The molecule has 0 bridgehead atoms. The van der Waals surface area contributed by atoms with Crippen LogP contribution in [0.1, 0.15) is 44.5 Å². The van der Waals surface area contributed by atoms with Crippen molar-refractivity contribution in [1.29, 1.82) is 0 Å². The van der Waals surface area contributed by atoms with Gasteiger partial charge in [-0.2, -0.15) is 0 Å². The van der Waals surface area contributed by atoms with Gasteiger partial charge in [0.05, 0.1) is 45.0 Å². The summed E-state index contributed by atoms with van der Waals surface area (Å²) in [6.45, 7) is 0. The van der Waals surface area contributed by atoms with E-state index >= 15 is 0 Å². The first-order chi connectivity index (χ1) is 66.4. The van der Waals surface area contributed by atoms with Crippen molar-refractivity contribution in [2.24, 2.45) is 0 Å². The van der Waals surface area contributed by atoms with E-state index in [-0.39, 0.29) is 5.41 Å². The lowest BCUT2D eigenvalue weighted by atomic mass is 9.67. The number of hydrogen-bond acceptors (Lipinski definition) is 6. The first-order valence-corrected chi connectivity index (χ1v) is 45.7. The van der Waals surface area contributed by atoms with Crippen molar-refractivity contribution in [3.05, 3.63) is 554 Å². The van der Waals surface area contributed by atoms with Crippen molar-refractivity contribution in [2.45, 2.75) is 10.8 Å². The monoisotopic (exact) mass is 1700 g/mol. The van der Waals surface area contributed by atoms with E-state index < -0.39 is 5.41 Å². The summed E-state index contributed by atoms with van der Waals surface area (Å²) in [7, 11) is 0. The number of fused-ring (bicyclic) bond motifs is 13. The minimum absolute atomic E-state index is 0.378. The molecule has 0 saturated carbocycles. The van der Waals surface area contributed by atoms with E-state index in [9.17, 15) is 0 Å². The average Bonchev–Trinajstić information content (AvgIpc) is 1.52. The molecule has 0 amide bonds. The molecular weight excluding hydrogens is 1620 g/mol. The SMILES string of the molecule is c1ccc(-c2ccc(-c3cc(-c4cccc(-c5cccc(-c6cccc(-c7ccc8c(c7)C7(c9ccccc9-c9ccccc97)c7ccccc7-8)c6)c5)c4)nc(-c4ccccc4)n3)cn2)cc1.c1ccc(-c2nc(-c3ccc(-c4ccccn4)cc3)cc(-c3cccc(-c4cccc(-c5cccc(-c6ccc7c(c6)C(c6ccccc6)(c6ccccc6)c6ccccc6-7)c5)c4)c3)n2)cc1. The second-order valence-corrected chi connectivity index (χ2v) is 34.7. The highest BCUT2D eigenvalue weighted by molar-refractivity contribution is 5.97. The summed E-state index contributed by atoms with van der Waals surface area (Å²) < 4.78 is 0. The average molecular weight is 1710 g/mol. The van der Waals surface area contributed by atoms with E-state index in [1.165, 1.54) is 111 Å². The third kappa shape index (κ3) is 14.3. The lowest BCUT2D eigenvalue weighted by Crippen LogP contribution is -2.28. The van der Waals surface area contributed by atoms with E-state index in [2.05, 4.69) is 430 Å². The molecule has 18 aromatic carbocycles. The number of hydrogen-bond donors (Lipinski definition) is 0. The van der Waals surface area contributed by atoms with Gasteiger partial charge in [-0.1, -0.05) is 413 Å². The van der Waals surface area contributed by atoms with Crippen LogP contribution in [-0.4, -0.2) is 29.9 Å². The highest BCUT2D eigenvalue weighted by Crippen LogP contribution is 2.64. The molecule has 0 radical (unpaired) electrons. The summed E-state index contributed by atoms with van der Waals surface area (Å²) in [5.41, 5.74) is 44.9. The first-order valence-electron chi connectivity index (χ1n) is 45.7. The van der Waals surface area contributed by atoms with Crippen molar-refractivity contribution in [1.82, 2.24) is 29.9 Å². The van der Waals surface area contributed by atoms with Crippen molar-refractivity contribution < 1.29 is 0 Å². The molecular formula is C128H84N6. The molecule has 626 valence electrons. The summed E-state index contributed by atoms with van der Waals surface area (Å²) in [6, 6.07) is 179. The van der Waals surface area contributed by atoms with Gasteiger partial charge in [-0.15, -0.1) is 0 Å². The van der Waals surface area contributed by atoms with Gasteiger partial charge in [-0.3, -0.25) is 9.97 Å². The quantitative estimate of drug-likeness (QED) is 0.0959. The Kier molecular flexibility index (Phi) is 20.3. The van der Waals surface area contributed by atoms with Gasteiger partial charge in [-0.05, 0) is 230 Å². The van der Waals surface area contributed by atoms with Gasteiger partial charge in [0, 0.05) is 56.9 Å². The fraction of sp³-hybridized carbons (Fsp3) is 0.0156. The van der Waals surface area contributed by atoms with E-state index in [1.807, 2.05) is 85.2 Å². The molecule has 0 unspecified atom stereocenters. The molecule has 6 heteroatoms. The molecule has 0 fully saturated rings. The van der Waals surface area contributed by atoms with Crippen molar-refractivity contribution in [3.63, 3.8) is 0 Å². The zero-order chi connectivity index (χ0) is 88.9. The summed E-state index contributed by atoms with van der Waals surface area (Å²) in [5, 5.41) is 0. The van der Waals surface area contributed by atoms with Gasteiger partial charge < -0.3 is 0 Å². The Morgan fingerprint density at radius 2 is 0.388 bits per heavy atom. The largest absolute Gasteiger partial charge is 0.256 e. The smallest absolute Gasteiger partial charge is 0.160 e. The second kappa shape index (κ2) is 34.1. The Hall–Kier alpha value is -17.6. The van der Waals surface area contributed by atoms with Gasteiger partial charge in [-0.25, -0.2) is 19.9 Å². The van der Waals surface area contributed by atoms with Gasteiger partial charge in [0.2, 0.25) is 0 Å². The van der Waals surface area contributed by atoms with Crippen LogP contribution in [0.25, 0.3) is 190 Å². The van der Waals surface area contributed by atoms with Crippen molar-refractivity contribution >= 4 is 0 Å². The number of aromatic nitrogens is 6. The number of benzene rings is 18. The van der Waals surface area contributed by atoms with Crippen LogP contribution in [0.5, 0.6) is 0 Å². The van der Waals surface area contributed by atoms with E-state index in [0.29, 0.717) is 11.6 Å². The lowest BCUT2D eigenvalue weighted by molar-refractivity contribution is 0.769. The number of pyridine rings is 2. The number of nitrogens with zero attached hydrogens (tertiary/aromatic N) is 6. The van der Waals surface area contributed by atoms with Crippen LogP contribution in [0.15, 0.2) is 510 Å². The fourth-order valence-corrected chi connectivity index (χ4v) is 20.7. The summed E-state index contributed by atoms with van der Waals surface area (Å²) >= 11 is 0. The van der Waals surface area contributed by atoms with Crippen LogP contribution in [0.4, 0.5) is 0 Å². The molecule has 134 heavy (non-hydrogen) atoms. The predicted octanol–water partition coefficient (Wildman–Crippen LogP) is 31.8. The van der Waals surface area contributed by atoms with Crippen LogP contribution in [0, 0.1) is 0 Å². The zero-order valence-corrected chi connectivity index (χ0v) is 73.2. The molecule has 22 aromatic rings. The topological polar surface area (TPSA) is 77.3 Å². The van der Waals surface area contributed by atoms with Crippen LogP contribution in [0.3, 0.4) is 0 Å². The minimum Gasteiger partial charge on any atom is -0.256 e. The molecule has 0 aliphatic heterocycles. The maximum Gasteiger partial charge on any atom is 0.160 e. The standard InChI is InChI=1S/C64H41N3.C64H43N3/c1-3-16-42(17-4-1)60-35-33-51(41-65-60)62-40-61(66-63(67-62)43-18-5-2-6-19-43)50-25-15-24-48(38-50)46-22-13-20-44(36-46)45-21-14-23-47(37-45)49-32-34-55-54-28-9-12-31-58(54)64(59(55)39-49)56-29-10-7-26-52(56)53-27-8-11-30-57(53)64;1-4-17-46(18-5-1)63-66-61(45-34-32-44(33-35-45)60-31-12-13-38-65-60)43-62(67-63)53-24-16-23-51(41-53)49-21-14-19-47(39-49)48-20-15-22-50(40-48)52-36-37-57-56-29-10-11-30-58(56)64(59(57)42-52,54-25-6-2-7-26-54)55-27-8-3-9-28-55/h1-41H;1-43H. The predicted molar refractivity (Wildman–Crippen MR) is 549 cm³/mol. The molecule has 0 atom stereocenters.